The van der Waals surface area contributed by atoms with E-state index in [4.69, 9.17) is 0 Å². The molecule has 6 aromatic rings. The minimum atomic E-state index is 0.283. The number of rotatable bonds is 5. The van der Waals surface area contributed by atoms with Crippen LogP contribution in [0.25, 0.3) is 0 Å². The summed E-state index contributed by atoms with van der Waals surface area (Å²) in [5.41, 5.74) is 18.3. The lowest BCUT2D eigenvalue weighted by Crippen LogP contribution is -2.12. The number of aryl methyl sites for hydroxylation is 6. The van der Waals surface area contributed by atoms with Crippen molar-refractivity contribution in [1.82, 2.24) is 0 Å². The van der Waals surface area contributed by atoms with Gasteiger partial charge in [-0.05, 0) is 213 Å². The average molecular weight is 950 g/mol. The first-order chi connectivity index (χ1) is 34.2. The van der Waals surface area contributed by atoms with Gasteiger partial charge in [-0.2, -0.15) is 0 Å². The van der Waals surface area contributed by atoms with Gasteiger partial charge in [0.2, 0.25) is 0 Å². The Morgan fingerprint density at radius 1 is 0.352 bits per heavy atom. The van der Waals surface area contributed by atoms with Gasteiger partial charge in [-0.3, -0.25) is 0 Å². The minimum Gasteiger partial charge on any atom is -0.0620 e. The molecule has 0 N–H and O–H groups in total. The van der Waals surface area contributed by atoms with Crippen molar-refractivity contribution >= 4 is 0 Å². The van der Waals surface area contributed by atoms with Gasteiger partial charge in [-0.1, -0.05) is 225 Å². The summed E-state index contributed by atoms with van der Waals surface area (Å²) >= 11 is 0. The van der Waals surface area contributed by atoms with E-state index in [-0.39, 0.29) is 5.41 Å². The molecule has 3 atom stereocenters. The van der Waals surface area contributed by atoms with Gasteiger partial charge in [0.15, 0.2) is 0 Å². The Labute approximate surface area is 435 Å². The van der Waals surface area contributed by atoms with E-state index >= 15 is 0 Å². The van der Waals surface area contributed by atoms with E-state index in [1.54, 1.807) is 22.3 Å². The summed E-state index contributed by atoms with van der Waals surface area (Å²) in [4.78, 5) is 0. The molecule has 0 spiro atoms. The van der Waals surface area contributed by atoms with Gasteiger partial charge in [0.1, 0.15) is 0 Å². The molecule has 0 saturated heterocycles. The standard InChI is InChI=1S/C14H18.C13H18.C12H16.C11H14.C11H16.C10H14/c1-10-4-2-3-5-13(10)14-9-11-6-7-12(14)8-11;1-11-7-5-6-10-13(11)12-8-3-2-4-9-12;1-10-6-2-5-9-12(10)11-7-3-4-8-11;1-9-5-2-3-8-11(9)10-6-4-7-10;1-9-7-5-6-8-10(9)11(2,3)4;1-8(2)10-7-5-4-6-9(10)3/h2-5,11-12,14H,6-9H2,1H3;5-7,10,12H,2-4,8-9H2,1H3;2,5-6,9,11H,3-4,7-8H2,1H3;2-3,5,8,10H,4,6-7H2,1H3;5-8H,1-4H3;4-8H,1-3H3. The molecule has 5 aliphatic rings. The molecule has 5 saturated carbocycles. The number of benzene rings is 6. The summed E-state index contributed by atoms with van der Waals surface area (Å²) in [6.07, 6.45) is 23.0. The smallest absolute Gasteiger partial charge is 0.0128 e. The summed E-state index contributed by atoms with van der Waals surface area (Å²) in [5, 5.41) is 0. The lowest BCUT2D eigenvalue weighted by Gasteiger charge is -2.27. The van der Waals surface area contributed by atoms with E-state index in [2.05, 4.69) is 222 Å². The molecule has 6 aromatic carbocycles. The molecule has 71 heavy (non-hydrogen) atoms. The van der Waals surface area contributed by atoms with Crippen LogP contribution in [0, 0.1) is 53.4 Å². The van der Waals surface area contributed by atoms with Crippen LogP contribution in [0.15, 0.2) is 146 Å². The van der Waals surface area contributed by atoms with Crippen molar-refractivity contribution in [1.29, 1.82) is 0 Å². The van der Waals surface area contributed by atoms with Crippen LogP contribution in [0.1, 0.15) is 234 Å². The van der Waals surface area contributed by atoms with E-state index in [1.807, 2.05) is 0 Å². The largest absolute Gasteiger partial charge is 0.0620 e. The maximum Gasteiger partial charge on any atom is -0.0128 e. The molecular formula is C71H96. The first-order valence-electron chi connectivity index (χ1n) is 28.5. The third-order valence-corrected chi connectivity index (χ3v) is 17.0. The lowest BCUT2D eigenvalue weighted by atomic mass is 9.78. The van der Waals surface area contributed by atoms with E-state index in [0.29, 0.717) is 5.92 Å². The van der Waals surface area contributed by atoms with E-state index in [9.17, 15) is 0 Å². The predicted molar refractivity (Wildman–Crippen MR) is 312 cm³/mol. The Kier molecular flexibility index (Phi) is 21.9. The molecule has 0 heteroatoms. The molecule has 0 radical (unpaired) electrons. The highest BCUT2D eigenvalue weighted by Crippen LogP contribution is 2.53. The first-order valence-corrected chi connectivity index (χ1v) is 28.5. The van der Waals surface area contributed by atoms with Crippen LogP contribution < -0.4 is 0 Å². The van der Waals surface area contributed by atoms with Gasteiger partial charge in [0.25, 0.3) is 0 Å². The second kappa shape index (κ2) is 28.0. The van der Waals surface area contributed by atoms with Crippen LogP contribution in [0.2, 0.25) is 0 Å². The molecule has 11 rings (SSSR count). The minimum absolute atomic E-state index is 0.283. The van der Waals surface area contributed by atoms with Crippen molar-refractivity contribution in [3.63, 3.8) is 0 Å². The second-order valence-corrected chi connectivity index (χ2v) is 23.7. The molecule has 0 nitrogen and oxygen atoms in total. The normalized spacial score (nSPS) is 19.5. The third kappa shape index (κ3) is 16.7. The molecule has 3 unspecified atom stereocenters. The Morgan fingerprint density at radius 3 is 1.03 bits per heavy atom. The lowest BCUT2D eigenvalue weighted by molar-refractivity contribution is 0.418. The monoisotopic (exact) mass is 949 g/mol. The third-order valence-electron chi connectivity index (χ3n) is 17.0. The second-order valence-electron chi connectivity index (χ2n) is 23.7. The summed E-state index contributed by atoms with van der Waals surface area (Å²) < 4.78 is 0. The SMILES string of the molecule is Cc1ccccc1C(C)(C)C.Cc1ccccc1C(C)C.Cc1ccccc1C1CC2CCC1C2.Cc1ccccc1C1CCC1.Cc1ccccc1C1CCCC1.Cc1ccccc1C1CCCCC1. The first kappa shape index (κ1) is 55.6. The Balaban J connectivity index is 0.000000140. The van der Waals surface area contributed by atoms with Crippen molar-refractivity contribution in [2.24, 2.45) is 11.8 Å². The Hall–Kier alpha value is -4.68. The van der Waals surface area contributed by atoms with Crippen LogP contribution in [-0.2, 0) is 5.41 Å². The number of hydrogen-bond acceptors (Lipinski definition) is 0. The zero-order valence-electron chi connectivity index (χ0n) is 46.7. The van der Waals surface area contributed by atoms with Gasteiger partial charge >= 0.3 is 0 Å². The summed E-state index contributed by atoms with van der Waals surface area (Å²) in [6.45, 7) is 24.5. The molecule has 380 valence electrons. The fourth-order valence-corrected chi connectivity index (χ4v) is 12.8. The van der Waals surface area contributed by atoms with Gasteiger partial charge < -0.3 is 0 Å². The van der Waals surface area contributed by atoms with E-state index < -0.39 is 0 Å². The predicted octanol–water partition coefficient (Wildman–Crippen LogP) is 21.3. The summed E-state index contributed by atoms with van der Waals surface area (Å²) in [5.74, 6) is 6.24. The Bertz CT molecular complexity index is 2460. The van der Waals surface area contributed by atoms with Crippen LogP contribution in [0.3, 0.4) is 0 Å². The van der Waals surface area contributed by atoms with E-state index in [0.717, 1.165) is 35.5 Å². The molecule has 2 bridgehead atoms. The Morgan fingerprint density at radius 2 is 0.718 bits per heavy atom. The molecule has 0 aliphatic heterocycles. The van der Waals surface area contributed by atoms with Gasteiger partial charge in [-0.25, -0.2) is 0 Å². The van der Waals surface area contributed by atoms with Crippen molar-refractivity contribution in [2.75, 3.05) is 0 Å². The van der Waals surface area contributed by atoms with Crippen LogP contribution in [0.4, 0.5) is 0 Å². The van der Waals surface area contributed by atoms with Crippen molar-refractivity contribution in [3.05, 3.63) is 212 Å². The highest BCUT2D eigenvalue weighted by Gasteiger charge is 2.40. The fourth-order valence-electron chi connectivity index (χ4n) is 12.8. The van der Waals surface area contributed by atoms with Crippen molar-refractivity contribution in [2.45, 2.75) is 214 Å². The fraction of sp³-hybridized carbons (Fsp3) is 0.493. The molecular weight excluding hydrogens is 853 g/mol. The summed E-state index contributed by atoms with van der Waals surface area (Å²) in [6, 6.07) is 52.5. The quantitative estimate of drug-likeness (QED) is 0.162. The molecule has 0 aromatic heterocycles. The zero-order valence-corrected chi connectivity index (χ0v) is 46.7. The summed E-state index contributed by atoms with van der Waals surface area (Å²) in [7, 11) is 0. The van der Waals surface area contributed by atoms with Gasteiger partial charge in [0, 0.05) is 0 Å². The molecule has 0 heterocycles. The zero-order chi connectivity index (χ0) is 50.8. The van der Waals surface area contributed by atoms with Gasteiger partial charge in [-0.15, -0.1) is 0 Å². The van der Waals surface area contributed by atoms with Crippen molar-refractivity contribution < 1.29 is 0 Å². The molecule has 0 amide bonds. The van der Waals surface area contributed by atoms with Gasteiger partial charge in [0.05, 0.1) is 0 Å². The maximum absolute atomic E-state index is 2.35. The molecule has 5 aliphatic carbocycles. The highest BCUT2D eigenvalue weighted by atomic mass is 14.4. The maximum atomic E-state index is 2.35. The molecule has 5 fully saturated rings. The average Bonchev–Trinajstić information content (AvgIpc) is 4.15. The van der Waals surface area contributed by atoms with Crippen molar-refractivity contribution in [3.8, 4) is 0 Å². The van der Waals surface area contributed by atoms with Crippen LogP contribution >= 0.6 is 0 Å². The topological polar surface area (TPSA) is 0 Å². The van der Waals surface area contributed by atoms with Crippen LogP contribution in [0.5, 0.6) is 0 Å². The number of fused-ring (bicyclic) bond motifs is 2. The van der Waals surface area contributed by atoms with Crippen LogP contribution in [-0.4, -0.2) is 0 Å². The number of hydrogen-bond donors (Lipinski definition) is 0. The highest BCUT2D eigenvalue weighted by molar-refractivity contribution is 5.34. The van der Waals surface area contributed by atoms with E-state index in [1.165, 1.54) is 147 Å².